The van der Waals surface area contributed by atoms with E-state index < -0.39 is 0 Å². The molecule has 1 aromatic heterocycles. The minimum atomic E-state index is 1.05. The molecule has 4 aromatic rings. The van der Waals surface area contributed by atoms with E-state index in [9.17, 15) is 0 Å². The lowest BCUT2D eigenvalue weighted by Crippen LogP contribution is -1.98. The van der Waals surface area contributed by atoms with Gasteiger partial charge >= 0.3 is 0 Å². The monoisotopic (exact) mass is 305 g/mol. The van der Waals surface area contributed by atoms with Crippen LogP contribution in [0, 0.1) is 0 Å². The van der Waals surface area contributed by atoms with E-state index in [2.05, 4.69) is 78.9 Å². The minimum Gasteiger partial charge on any atom is -0.256 e. The van der Waals surface area contributed by atoms with Crippen molar-refractivity contribution in [2.45, 2.75) is 0 Å². The van der Waals surface area contributed by atoms with Gasteiger partial charge in [-0.1, -0.05) is 78.9 Å². The average Bonchev–Trinajstić information content (AvgIpc) is 2.67. The maximum absolute atomic E-state index is 4.73. The van der Waals surface area contributed by atoms with Crippen molar-refractivity contribution in [2.75, 3.05) is 0 Å². The number of hydrogen-bond donors (Lipinski definition) is 0. The van der Waals surface area contributed by atoms with Crippen LogP contribution in [0.15, 0.2) is 91.1 Å². The van der Waals surface area contributed by atoms with E-state index >= 15 is 0 Å². The van der Waals surface area contributed by atoms with Crippen LogP contribution in [0.25, 0.3) is 44.6 Å². The van der Waals surface area contributed by atoms with E-state index in [0.29, 0.717) is 0 Å². The fourth-order valence-electron chi connectivity index (χ4n) is 3.67. The molecule has 3 aromatic carbocycles. The molecule has 0 aliphatic heterocycles. The first kappa shape index (κ1) is 13.3. The summed E-state index contributed by atoms with van der Waals surface area (Å²) in [4.78, 5) is 4.73. The van der Waals surface area contributed by atoms with Crippen molar-refractivity contribution in [1.82, 2.24) is 4.98 Å². The predicted octanol–water partition coefficient (Wildman–Crippen LogP) is 6.06. The van der Waals surface area contributed by atoms with Crippen LogP contribution in [0.4, 0.5) is 0 Å². The van der Waals surface area contributed by atoms with Crippen LogP contribution in [0.2, 0.25) is 0 Å². The number of nitrogens with zero attached hydrogens (tertiary/aromatic N) is 1. The summed E-state index contributed by atoms with van der Waals surface area (Å²) in [6.45, 7) is 0. The van der Waals surface area contributed by atoms with Gasteiger partial charge in [-0.05, 0) is 33.9 Å². The molecule has 1 aliphatic carbocycles. The Morgan fingerprint density at radius 2 is 0.750 bits per heavy atom. The zero-order chi connectivity index (χ0) is 15.9. The van der Waals surface area contributed by atoms with Gasteiger partial charge in [0, 0.05) is 17.3 Å². The van der Waals surface area contributed by atoms with Crippen LogP contribution >= 0.6 is 0 Å². The van der Waals surface area contributed by atoms with Crippen molar-refractivity contribution < 1.29 is 0 Å². The van der Waals surface area contributed by atoms with Crippen molar-refractivity contribution in [3.8, 4) is 44.6 Å². The van der Waals surface area contributed by atoms with E-state index in [1.807, 2.05) is 12.3 Å². The summed E-state index contributed by atoms with van der Waals surface area (Å²) >= 11 is 0. The molecule has 0 spiro atoms. The van der Waals surface area contributed by atoms with Crippen LogP contribution < -0.4 is 0 Å². The number of benzene rings is 3. The van der Waals surface area contributed by atoms with E-state index in [-0.39, 0.29) is 0 Å². The third-order valence-corrected chi connectivity index (χ3v) is 4.71. The summed E-state index contributed by atoms with van der Waals surface area (Å²) in [5.41, 5.74) is 9.70. The second-order valence-electron chi connectivity index (χ2n) is 6.04. The SMILES string of the molecule is c1ccc2c(c1)-c1ccccc1-c1cccnc1-c1ccccc1-2. The van der Waals surface area contributed by atoms with Crippen molar-refractivity contribution >= 4 is 0 Å². The first-order valence-electron chi connectivity index (χ1n) is 8.17. The van der Waals surface area contributed by atoms with Gasteiger partial charge in [0.05, 0.1) is 5.69 Å². The Labute approximate surface area is 141 Å². The fraction of sp³-hybridized carbons (Fsp3) is 0. The van der Waals surface area contributed by atoms with E-state index in [4.69, 9.17) is 4.98 Å². The highest BCUT2D eigenvalue weighted by atomic mass is 14.7. The molecule has 0 fully saturated rings. The third-order valence-electron chi connectivity index (χ3n) is 4.71. The first-order valence-corrected chi connectivity index (χ1v) is 8.17. The van der Waals surface area contributed by atoms with Gasteiger partial charge in [0.25, 0.3) is 0 Å². The average molecular weight is 305 g/mol. The van der Waals surface area contributed by atoms with Crippen LogP contribution in [0.5, 0.6) is 0 Å². The molecular formula is C23H15N. The summed E-state index contributed by atoms with van der Waals surface area (Å²) in [6, 6.07) is 30.0. The van der Waals surface area contributed by atoms with Gasteiger partial charge in [-0.25, -0.2) is 0 Å². The molecule has 0 unspecified atom stereocenters. The van der Waals surface area contributed by atoms with Gasteiger partial charge in [-0.2, -0.15) is 0 Å². The number of pyridine rings is 1. The summed E-state index contributed by atoms with van der Waals surface area (Å²) in [6.07, 6.45) is 1.88. The molecule has 5 rings (SSSR count). The Balaban J connectivity index is 2.01. The van der Waals surface area contributed by atoms with E-state index in [0.717, 1.165) is 5.69 Å². The molecule has 1 aliphatic rings. The van der Waals surface area contributed by atoms with Crippen LogP contribution in [-0.4, -0.2) is 4.98 Å². The van der Waals surface area contributed by atoms with Crippen LogP contribution in [0.3, 0.4) is 0 Å². The molecule has 0 radical (unpaired) electrons. The predicted molar refractivity (Wildman–Crippen MR) is 99.5 cm³/mol. The summed E-state index contributed by atoms with van der Waals surface area (Å²) in [7, 11) is 0. The smallest absolute Gasteiger partial charge is 0.0786 e. The topological polar surface area (TPSA) is 12.9 Å². The van der Waals surface area contributed by atoms with E-state index in [1.165, 1.54) is 38.9 Å². The van der Waals surface area contributed by atoms with Crippen LogP contribution in [-0.2, 0) is 0 Å². The largest absolute Gasteiger partial charge is 0.256 e. The zero-order valence-electron chi connectivity index (χ0n) is 13.1. The van der Waals surface area contributed by atoms with Gasteiger partial charge < -0.3 is 0 Å². The normalized spacial score (nSPS) is 11.3. The lowest BCUT2D eigenvalue weighted by molar-refractivity contribution is 1.32. The Morgan fingerprint density at radius 3 is 1.29 bits per heavy atom. The first-order chi connectivity index (χ1) is 11.9. The lowest BCUT2D eigenvalue weighted by Gasteiger charge is -2.21. The molecule has 1 heterocycles. The highest BCUT2D eigenvalue weighted by Crippen LogP contribution is 2.46. The Morgan fingerprint density at radius 1 is 0.375 bits per heavy atom. The molecule has 0 saturated heterocycles. The van der Waals surface area contributed by atoms with Crippen molar-refractivity contribution in [3.63, 3.8) is 0 Å². The maximum atomic E-state index is 4.73. The number of aromatic nitrogens is 1. The second-order valence-corrected chi connectivity index (χ2v) is 6.04. The van der Waals surface area contributed by atoms with Gasteiger partial charge in [0.15, 0.2) is 0 Å². The molecule has 112 valence electrons. The standard InChI is InChI=1S/C23H15N/c1-2-9-17-16(8-1)18-10-3-4-11-20(18)22-14-7-15-24-23(22)21-13-6-5-12-19(17)21/h1-15H. The van der Waals surface area contributed by atoms with Gasteiger partial charge in [0.2, 0.25) is 0 Å². The Hall–Kier alpha value is -3.19. The second kappa shape index (κ2) is 5.17. The highest BCUT2D eigenvalue weighted by Gasteiger charge is 2.21. The molecule has 1 nitrogen and oxygen atoms in total. The minimum absolute atomic E-state index is 1.05. The third kappa shape index (κ3) is 1.85. The molecular weight excluding hydrogens is 290 g/mol. The summed E-state index contributed by atoms with van der Waals surface area (Å²) in [5, 5.41) is 0. The van der Waals surface area contributed by atoms with Gasteiger partial charge in [-0.3, -0.25) is 4.98 Å². The zero-order valence-corrected chi connectivity index (χ0v) is 13.1. The Kier molecular flexibility index (Phi) is 2.86. The van der Waals surface area contributed by atoms with Gasteiger partial charge in [-0.15, -0.1) is 0 Å². The van der Waals surface area contributed by atoms with Crippen molar-refractivity contribution in [1.29, 1.82) is 0 Å². The molecule has 0 N–H and O–H groups in total. The number of fused-ring (bicyclic) bond motifs is 8. The maximum Gasteiger partial charge on any atom is 0.0786 e. The molecule has 1 heteroatoms. The fourth-order valence-corrected chi connectivity index (χ4v) is 3.67. The molecule has 0 saturated carbocycles. The molecule has 0 atom stereocenters. The van der Waals surface area contributed by atoms with Crippen LogP contribution in [0.1, 0.15) is 0 Å². The number of hydrogen-bond acceptors (Lipinski definition) is 1. The molecule has 24 heavy (non-hydrogen) atoms. The molecule has 0 amide bonds. The Bertz CT molecular complexity index is 775. The summed E-state index contributed by atoms with van der Waals surface area (Å²) < 4.78 is 0. The van der Waals surface area contributed by atoms with Crippen molar-refractivity contribution in [2.24, 2.45) is 0 Å². The van der Waals surface area contributed by atoms with Gasteiger partial charge in [0.1, 0.15) is 0 Å². The van der Waals surface area contributed by atoms with Crippen molar-refractivity contribution in [3.05, 3.63) is 91.1 Å². The summed E-state index contributed by atoms with van der Waals surface area (Å²) in [5.74, 6) is 0. The molecule has 0 bridgehead atoms. The quantitative estimate of drug-likeness (QED) is 0.339. The lowest BCUT2D eigenvalue weighted by atomic mass is 9.83. The van der Waals surface area contributed by atoms with E-state index in [1.54, 1.807) is 0 Å². The highest BCUT2D eigenvalue weighted by molar-refractivity contribution is 6.01. The number of rotatable bonds is 0.